The van der Waals surface area contributed by atoms with Crippen LogP contribution in [0.2, 0.25) is 0 Å². The number of non-ortho nitro benzene ring substituents is 1. The van der Waals surface area contributed by atoms with E-state index in [-0.39, 0.29) is 11.6 Å². The minimum absolute atomic E-state index is 0.0382. The van der Waals surface area contributed by atoms with Crippen molar-refractivity contribution in [3.63, 3.8) is 0 Å². The summed E-state index contributed by atoms with van der Waals surface area (Å²) in [6.45, 7) is 5.21. The number of hydrogen-bond donors (Lipinski definition) is 1. The fraction of sp³-hybridized carbons (Fsp3) is 0.138. The number of aryl methyl sites for hydroxylation is 1. The van der Waals surface area contributed by atoms with Crippen LogP contribution in [-0.2, 0) is 11.2 Å². The summed E-state index contributed by atoms with van der Waals surface area (Å²) in [6, 6.07) is 23.9. The lowest BCUT2D eigenvalue weighted by molar-refractivity contribution is -0.384. The third-order valence-electron chi connectivity index (χ3n) is 6.04. The summed E-state index contributed by atoms with van der Waals surface area (Å²) < 4.78 is 0. The molecule has 176 valence electrons. The predicted octanol–water partition coefficient (Wildman–Crippen LogP) is 5.68. The first-order chi connectivity index (χ1) is 16.9. The maximum absolute atomic E-state index is 13.2. The molecule has 1 saturated heterocycles. The number of benzene rings is 3. The molecule has 0 spiro atoms. The van der Waals surface area contributed by atoms with E-state index in [2.05, 4.69) is 6.58 Å². The first kappa shape index (κ1) is 23.7. The molecular formula is C29H27N3O3. The van der Waals surface area contributed by atoms with Crippen LogP contribution in [0.25, 0.3) is 12.2 Å². The highest BCUT2D eigenvalue weighted by atomic mass is 16.6. The Morgan fingerprint density at radius 2 is 1.46 bits per heavy atom. The van der Waals surface area contributed by atoms with Crippen molar-refractivity contribution in [2.75, 3.05) is 18.8 Å². The lowest BCUT2D eigenvalue weighted by Crippen LogP contribution is -2.38. The van der Waals surface area contributed by atoms with Gasteiger partial charge in [-0.3, -0.25) is 14.9 Å². The zero-order valence-corrected chi connectivity index (χ0v) is 19.4. The number of nitro groups is 1. The minimum atomic E-state index is -0.420. The second kappa shape index (κ2) is 10.7. The molecule has 6 nitrogen and oxygen atoms in total. The first-order valence-electron chi connectivity index (χ1n) is 11.4. The van der Waals surface area contributed by atoms with Gasteiger partial charge in [-0.2, -0.15) is 0 Å². The van der Waals surface area contributed by atoms with Crippen molar-refractivity contribution in [3.05, 3.63) is 129 Å². The maximum Gasteiger partial charge on any atom is 0.269 e. The molecule has 4 rings (SSSR count). The summed E-state index contributed by atoms with van der Waals surface area (Å²) in [5, 5.41) is 11.0. The van der Waals surface area contributed by atoms with Crippen molar-refractivity contribution in [3.8, 4) is 0 Å². The number of amides is 1. The summed E-state index contributed by atoms with van der Waals surface area (Å²) in [4.78, 5) is 25.6. The Hall–Kier alpha value is -4.45. The van der Waals surface area contributed by atoms with Crippen LogP contribution in [0.1, 0.15) is 23.1 Å². The Bertz CT molecular complexity index is 1290. The molecule has 2 N–H and O–H groups in total. The second-order valence-corrected chi connectivity index (χ2v) is 8.57. The van der Waals surface area contributed by atoms with E-state index in [1.54, 1.807) is 12.1 Å². The van der Waals surface area contributed by atoms with E-state index in [4.69, 9.17) is 5.73 Å². The van der Waals surface area contributed by atoms with Crippen LogP contribution in [0, 0.1) is 10.1 Å². The highest BCUT2D eigenvalue weighted by molar-refractivity contribution is 5.81. The molecule has 3 aromatic carbocycles. The van der Waals surface area contributed by atoms with E-state index in [1.165, 1.54) is 12.1 Å². The van der Waals surface area contributed by atoms with E-state index in [9.17, 15) is 14.9 Å². The van der Waals surface area contributed by atoms with E-state index in [0.717, 1.165) is 33.4 Å². The second-order valence-electron chi connectivity index (χ2n) is 8.57. The monoisotopic (exact) mass is 465 g/mol. The molecule has 0 bridgehead atoms. The largest absolute Gasteiger partial charge is 0.399 e. The van der Waals surface area contributed by atoms with Crippen LogP contribution in [0.4, 0.5) is 11.4 Å². The highest BCUT2D eigenvalue weighted by Crippen LogP contribution is 2.30. The molecule has 35 heavy (non-hydrogen) atoms. The van der Waals surface area contributed by atoms with E-state index >= 15 is 0 Å². The van der Waals surface area contributed by atoms with Gasteiger partial charge in [0.25, 0.3) is 5.69 Å². The van der Waals surface area contributed by atoms with Crippen molar-refractivity contribution in [2.45, 2.75) is 12.8 Å². The molecule has 1 heterocycles. The topological polar surface area (TPSA) is 89.5 Å². The molecule has 3 aromatic rings. The Morgan fingerprint density at radius 1 is 0.914 bits per heavy atom. The Balaban J connectivity index is 1.61. The average Bonchev–Trinajstić information content (AvgIpc) is 2.87. The zero-order chi connectivity index (χ0) is 24.8. The third kappa shape index (κ3) is 6.12. The van der Waals surface area contributed by atoms with Gasteiger partial charge in [-0.15, -0.1) is 0 Å². The van der Waals surface area contributed by atoms with Crippen molar-refractivity contribution in [1.29, 1.82) is 0 Å². The number of hydrogen-bond acceptors (Lipinski definition) is 4. The number of likely N-dealkylation sites (tertiary alicyclic amines) is 1. The summed E-state index contributed by atoms with van der Waals surface area (Å²) in [6.07, 6.45) is 5.06. The number of nitro benzene ring substituents is 1. The van der Waals surface area contributed by atoms with Gasteiger partial charge in [-0.25, -0.2) is 0 Å². The normalized spacial score (nSPS) is 16.0. The lowest BCUT2D eigenvalue weighted by atomic mass is 9.90. The molecular weight excluding hydrogens is 438 g/mol. The van der Waals surface area contributed by atoms with Gasteiger partial charge in [-0.05, 0) is 76.2 Å². The quantitative estimate of drug-likeness (QED) is 0.288. The fourth-order valence-electron chi connectivity index (χ4n) is 4.05. The van der Waals surface area contributed by atoms with Gasteiger partial charge >= 0.3 is 0 Å². The number of nitrogens with two attached hydrogens (primary N) is 1. The lowest BCUT2D eigenvalue weighted by Gasteiger charge is -2.33. The number of carbonyl (C=O) groups is 1. The maximum atomic E-state index is 13.2. The molecule has 0 unspecified atom stereocenters. The fourth-order valence-corrected chi connectivity index (χ4v) is 4.05. The van der Waals surface area contributed by atoms with E-state index < -0.39 is 4.92 Å². The van der Waals surface area contributed by atoms with E-state index in [1.807, 2.05) is 71.6 Å². The van der Waals surface area contributed by atoms with Crippen LogP contribution in [-0.4, -0.2) is 28.8 Å². The molecule has 1 aliphatic rings. The van der Waals surface area contributed by atoms with Gasteiger partial charge in [0.2, 0.25) is 5.91 Å². The number of piperidine rings is 1. The first-order valence-corrected chi connectivity index (χ1v) is 11.4. The molecule has 0 aliphatic carbocycles. The van der Waals surface area contributed by atoms with Gasteiger partial charge in [0.1, 0.15) is 0 Å². The highest BCUT2D eigenvalue weighted by Gasteiger charge is 2.25. The van der Waals surface area contributed by atoms with Gasteiger partial charge in [0.05, 0.1) is 4.92 Å². The average molecular weight is 466 g/mol. The molecule has 0 atom stereocenters. The Morgan fingerprint density at radius 3 is 2.00 bits per heavy atom. The summed E-state index contributed by atoms with van der Waals surface area (Å²) in [5.74, 6) is 0.0687. The number of rotatable bonds is 6. The third-order valence-corrected chi connectivity index (χ3v) is 6.04. The molecule has 1 amide bonds. The van der Waals surface area contributed by atoms with Gasteiger partial charge in [0, 0.05) is 37.3 Å². The van der Waals surface area contributed by atoms with Crippen molar-refractivity contribution >= 4 is 29.4 Å². The molecule has 0 radical (unpaired) electrons. The number of anilines is 1. The zero-order valence-electron chi connectivity index (χ0n) is 19.4. The number of nitrogens with zero attached hydrogens (tertiary/aromatic N) is 2. The predicted molar refractivity (Wildman–Crippen MR) is 140 cm³/mol. The van der Waals surface area contributed by atoms with Gasteiger partial charge in [-0.1, -0.05) is 49.0 Å². The summed E-state index contributed by atoms with van der Waals surface area (Å²) in [7, 11) is 0. The SMILES string of the molecule is C=C1/C(=C/c2ccc(N)cc2)CN(C(=O)CCc2ccccc2)C/C1=C\c1ccc([N+](=O)[O-])cc1. The molecule has 1 fully saturated rings. The minimum Gasteiger partial charge on any atom is -0.399 e. The Kier molecular flexibility index (Phi) is 7.21. The van der Waals surface area contributed by atoms with Crippen LogP contribution in [0.3, 0.4) is 0 Å². The molecule has 6 heteroatoms. The van der Waals surface area contributed by atoms with Crippen LogP contribution < -0.4 is 5.73 Å². The summed E-state index contributed by atoms with van der Waals surface area (Å²) in [5.41, 5.74) is 12.2. The van der Waals surface area contributed by atoms with Crippen molar-refractivity contribution in [1.82, 2.24) is 4.90 Å². The molecule has 0 aromatic heterocycles. The van der Waals surface area contributed by atoms with Crippen molar-refractivity contribution < 1.29 is 9.72 Å². The number of nitrogen functional groups attached to an aromatic ring is 1. The number of carbonyl (C=O) groups excluding carboxylic acids is 1. The van der Waals surface area contributed by atoms with E-state index in [0.29, 0.717) is 31.6 Å². The standard InChI is InChI=1S/C29H27N3O3/c1-21-25(17-23-7-12-27(30)13-8-23)19-31(29(33)16-11-22-5-3-2-4-6-22)20-26(21)18-24-9-14-28(15-10-24)32(34)35/h2-10,12-15,17-18H,1,11,16,19-20,30H2/b25-17+,26-18+. The smallest absolute Gasteiger partial charge is 0.269 e. The van der Waals surface area contributed by atoms with Gasteiger partial charge < -0.3 is 10.6 Å². The Labute approximate surface area is 204 Å². The molecule has 1 aliphatic heterocycles. The van der Waals surface area contributed by atoms with Gasteiger partial charge in [0.15, 0.2) is 0 Å². The molecule has 0 saturated carbocycles. The van der Waals surface area contributed by atoms with Crippen molar-refractivity contribution in [2.24, 2.45) is 0 Å². The van der Waals surface area contributed by atoms with Crippen LogP contribution in [0.5, 0.6) is 0 Å². The van der Waals surface area contributed by atoms with Crippen LogP contribution >= 0.6 is 0 Å². The summed E-state index contributed by atoms with van der Waals surface area (Å²) >= 11 is 0. The van der Waals surface area contributed by atoms with Crippen LogP contribution in [0.15, 0.2) is 102 Å².